The van der Waals surface area contributed by atoms with Crippen molar-refractivity contribution in [3.63, 3.8) is 0 Å². The summed E-state index contributed by atoms with van der Waals surface area (Å²) in [5.41, 5.74) is 1.81. The molecule has 1 fully saturated rings. The van der Waals surface area contributed by atoms with Gasteiger partial charge in [0.25, 0.3) is 5.91 Å². The molecule has 0 atom stereocenters. The number of nitrogens with one attached hydrogen (secondary N) is 2. The molecule has 0 aromatic heterocycles. The Morgan fingerprint density at radius 2 is 1.94 bits per heavy atom. The van der Waals surface area contributed by atoms with Crippen LogP contribution in [0.15, 0.2) is 42.5 Å². The number of carbonyl (C=O) groups excluding carboxylic acids is 2. The lowest BCUT2D eigenvalue weighted by Crippen LogP contribution is -2.30. The lowest BCUT2D eigenvalue weighted by Gasteiger charge is -2.18. The largest absolute Gasteiger partial charge is 0.493 e. The molecule has 0 aliphatic heterocycles. The van der Waals surface area contributed by atoms with E-state index in [1.807, 2.05) is 0 Å². The lowest BCUT2D eigenvalue weighted by molar-refractivity contribution is -0.117. The normalized spacial score (nSPS) is 13.2. The summed E-state index contributed by atoms with van der Waals surface area (Å²) in [5.74, 6) is -0.250. The van der Waals surface area contributed by atoms with Crippen molar-refractivity contribution in [1.82, 2.24) is 10.2 Å². The molecule has 7 nitrogen and oxygen atoms in total. The van der Waals surface area contributed by atoms with Crippen molar-refractivity contribution in [3.05, 3.63) is 53.6 Å². The van der Waals surface area contributed by atoms with Gasteiger partial charge in [-0.05, 0) is 55.8 Å². The van der Waals surface area contributed by atoms with Gasteiger partial charge in [-0.3, -0.25) is 14.5 Å². The highest BCUT2D eigenvalue weighted by atomic mass is 19.3. The number of hydrogen-bond donors (Lipinski definition) is 2. The first-order valence-corrected chi connectivity index (χ1v) is 9.85. The van der Waals surface area contributed by atoms with Gasteiger partial charge in [-0.1, -0.05) is 12.1 Å². The monoisotopic (exact) mass is 433 g/mol. The van der Waals surface area contributed by atoms with Crippen molar-refractivity contribution >= 4 is 17.5 Å². The van der Waals surface area contributed by atoms with E-state index in [0.717, 1.165) is 18.4 Å². The number of anilines is 1. The van der Waals surface area contributed by atoms with Crippen LogP contribution in [0.4, 0.5) is 14.5 Å². The molecule has 9 heteroatoms. The van der Waals surface area contributed by atoms with Crippen molar-refractivity contribution in [2.45, 2.75) is 32.0 Å². The zero-order chi connectivity index (χ0) is 22.4. The molecule has 0 unspecified atom stereocenters. The van der Waals surface area contributed by atoms with Gasteiger partial charge in [0, 0.05) is 23.8 Å². The smallest absolute Gasteiger partial charge is 0.387 e. The van der Waals surface area contributed by atoms with Crippen LogP contribution < -0.4 is 20.1 Å². The summed E-state index contributed by atoms with van der Waals surface area (Å²) in [5, 5.41) is 5.70. The van der Waals surface area contributed by atoms with Crippen molar-refractivity contribution in [1.29, 1.82) is 0 Å². The Bertz CT molecular complexity index is 935. The molecule has 0 heterocycles. The third kappa shape index (κ3) is 6.92. The average molecular weight is 433 g/mol. The second kappa shape index (κ2) is 10.2. The fraction of sp³-hybridized carbons (Fsp3) is 0.364. The predicted octanol–water partition coefficient (Wildman–Crippen LogP) is 3.26. The first-order chi connectivity index (χ1) is 14.8. The van der Waals surface area contributed by atoms with E-state index in [2.05, 4.69) is 15.4 Å². The van der Waals surface area contributed by atoms with E-state index in [0.29, 0.717) is 17.8 Å². The number of likely N-dealkylation sites (N-methyl/N-ethyl adjacent to an activating group) is 1. The number of nitrogens with zero attached hydrogens (tertiary/aromatic N) is 1. The van der Waals surface area contributed by atoms with E-state index < -0.39 is 6.61 Å². The Morgan fingerprint density at radius 3 is 2.61 bits per heavy atom. The van der Waals surface area contributed by atoms with Crippen LogP contribution >= 0.6 is 0 Å². The molecule has 1 aliphatic carbocycles. The van der Waals surface area contributed by atoms with Crippen LogP contribution in [-0.4, -0.2) is 50.1 Å². The van der Waals surface area contributed by atoms with Crippen LogP contribution in [0.5, 0.6) is 11.5 Å². The molecular weight excluding hydrogens is 408 g/mol. The fourth-order valence-electron chi connectivity index (χ4n) is 3.05. The molecule has 3 rings (SSSR count). The van der Waals surface area contributed by atoms with E-state index in [-0.39, 0.29) is 35.9 Å². The molecule has 2 N–H and O–H groups in total. The Labute approximate surface area is 179 Å². The van der Waals surface area contributed by atoms with Crippen molar-refractivity contribution in [3.8, 4) is 11.5 Å². The summed E-state index contributed by atoms with van der Waals surface area (Å²) in [6.45, 7) is -2.46. The van der Waals surface area contributed by atoms with Crippen LogP contribution in [0.2, 0.25) is 0 Å². The standard InChI is InChI=1S/C22H25F2N3O4/c1-27(12-14-6-9-18(31-22(23)24)19(10-14)30-2)13-20(28)25-17-5-3-4-15(11-17)21(29)26-16-7-8-16/h3-6,9-11,16,22H,7-8,12-13H2,1-2H3,(H,25,28)(H,26,29). The van der Waals surface area contributed by atoms with Crippen molar-refractivity contribution < 1.29 is 27.8 Å². The molecule has 0 radical (unpaired) electrons. The van der Waals surface area contributed by atoms with E-state index in [1.54, 1.807) is 48.3 Å². The summed E-state index contributed by atoms with van der Waals surface area (Å²) in [4.78, 5) is 26.3. The second-order valence-electron chi connectivity index (χ2n) is 7.41. The Balaban J connectivity index is 1.54. The van der Waals surface area contributed by atoms with Gasteiger partial charge in [-0.15, -0.1) is 0 Å². The lowest BCUT2D eigenvalue weighted by atomic mass is 10.2. The van der Waals surface area contributed by atoms with Crippen molar-refractivity contribution in [2.75, 3.05) is 26.0 Å². The third-order valence-electron chi connectivity index (χ3n) is 4.63. The van der Waals surface area contributed by atoms with E-state index in [1.165, 1.54) is 13.2 Å². The highest BCUT2D eigenvalue weighted by molar-refractivity contribution is 5.97. The molecule has 0 spiro atoms. The maximum absolute atomic E-state index is 12.4. The average Bonchev–Trinajstić information content (AvgIpc) is 3.52. The fourth-order valence-corrected chi connectivity index (χ4v) is 3.05. The van der Waals surface area contributed by atoms with Gasteiger partial charge in [-0.25, -0.2) is 0 Å². The van der Waals surface area contributed by atoms with E-state index in [9.17, 15) is 18.4 Å². The number of halogens is 2. The maximum Gasteiger partial charge on any atom is 0.387 e. The Kier molecular flexibility index (Phi) is 7.41. The van der Waals surface area contributed by atoms with Crippen LogP contribution in [0.1, 0.15) is 28.8 Å². The summed E-state index contributed by atoms with van der Waals surface area (Å²) >= 11 is 0. The molecule has 2 amide bonds. The SMILES string of the molecule is COc1cc(CN(C)CC(=O)Nc2cccc(C(=O)NC3CC3)c2)ccc1OC(F)F. The number of ether oxygens (including phenoxy) is 2. The topological polar surface area (TPSA) is 79.9 Å². The van der Waals surface area contributed by atoms with Gasteiger partial charge < -0.3 is 20.1 Å². The molecular formula is C22H25F2N3O4. The van der Waals surface area contributed by atoms with E-state index >= 15 is 0 Å². The molecule has 2 aromatic carbocycles. The van der Waals surface area contributed by atoms with Crippen molar-refractivity contribution in [2.24, 2.45) is 0 Å². The maximum atomic E-state index is 12.4. The highest BCUT2D eigenvalue weighted by Gasteiger charge is 2.23. The molecule has 2 aromatic rings. The Hall–Kier alpha value is -3.20. The van der Waals surface area contributed by atoms with Gasteiger partial charge in [0.1, 0.15) is 0 Å². The zero-order valence-electron chi connectivity index (χ0n) is 17.4. The van der Waals surface area contributed by atoms with Crippen LogP contribution in [0, 0.1) is 0 Å². The summed E-state index contributed by atoms with van der Waals surface area (Å²) in [6, 6.07) is 11.7. The molecule has 1 saturated carbocycles. The number of carbonyl (C=O) groups is 2. The zero-order valence-corrected chi connectivity index (χ0v) is 17.4. The van der Waals surface area contributed by atoms with E-state index in [4.69, 9.17) is 4.74 Å². The Morgan fingerprint density at radius 1 is 1.16 bits per heavy atom. The molecule has 31 heavy (non-hydrogen) atoms. The van der Waals surface area contributed by atoms with Gasteiger partial charge in [0.05, 0.1) is 13.7 Å². The van der Waals surface area contributed by atoms with Crippen LogP contribution in [0.25, 0.3) is 0 Å². The summed E-state index contributed by atoms with van der Waals surface area (Å²) < 4.78 is 34.4. The third-order valence-corrected chi connectivity index (χ3v) is 4.63. The minimum atomic E-state index is -2.94. The number of methoxy groups -OCH3 is 1. The summed E-state index contributed by atoms with van der Waals surface area (Å²) in [7, 11) is 3.13. The first kappa shape index (κ1) is 22.5. The number of rotatable bonds is 10. The highest BCUT2D eigenvalue weighted by Crippen LogP contribution is 2.29. The second-order valence-corrected chi connectivity index (χ2v) is 7.41. The van der Waals surface area contributed by atoms with Gasteiger partial charge >= 0.3 is 6.61 Å². The molecule has 1 aliphatic rings. The molecule has 0 saturated heterocycles. The van der Waals surface area contributed by atoms with Gasteiger partial charge in [-0.2, -0.15) is 8.78 Å². The van der Waals surface area contributed by atoms with Gasteiger partial charge in [0.2, 0.25) is 5.91 Å². The molecule has 0 bridgehead atoms. The minimum absolute atomic E-state index is 0.0488. The molecule has 166 valence electrons. The minimum Gasteiger partial charge on any atom is -0.493 e. The number of hydrogen-bond acceptors (Lipinski definition) is 5. The number of benzene rings is 2. The predicted molar refractivity (Wildman–Crippen MR) is 112 cm³/mol. The van der Waals surface area contributed by atoms with Gasteiger partial charge in [0.15, 0.2) is 11.5 Å². The quantitative estimate of drug-likeness (QED) is 0.601. The first-order valence-electron chi connectivity index (χ1n) is 9.85. The summed E-state index contributed by atoms with van der Waals surface area (Å²) in [6.07, 6.45) is 2.00. The number of alkyl halides is 2. The van der Waals surface area contributed by atoms with Crippen LogP contribution in [-0.2, 0) is 11.3 Å². The number of amides is 2. The van der Waals surface area contributed by atoms with Crippen LogP contribution in [0.3, 0.4) is 0 Å².